The summed E-state index contributed by atoms with van der Waals surface area (Å²) >= 11 is 3.32. The van der Waals surface area contributed by atoms with Crippen LogP contribution in [0, 0.1) is 0 Å². The summed E-state index contributed by atoms with van der Waals surface area (Å²) in [5.41, 5.74) is 1.11. The quantitative estimate of drug-likeness (QED) is 0.653. The SMILES string of the molecule is COc1ccc(CNc2nc(C(F)(F)F)nc3ccc(Br)cc23)cc1. The Morgan fingerprint density at radius 3 is 2.44 bits per heavy atom. The number of rotatable bonds is 4. The van der Waals surface area contributed by atoms with Crippen LogP contribution < -0.4 is 10.1 Å². The first-order valence-corrected chi connectivity index (χ1v) is 8.07. The number of fused-ring (bicyclic) bond motifs is 1. The van der Waals surface area contributed by atoms with Crippen molar-refractivity contribution in [1.29, 1.82) is 0 Å². The van der Waals surface area contributed by atoms with Crippen molar-refractivity contribution in [3.63, 3.8) is 0 Å². The fourth-order valence-electron chi connectivity index (χ4n) is 2.29. The Bertz CT molecular complexity index is 898. The third-order valence-electron chi connectivity index (χ3n) is 3.53. The Morgan fingerprint density at radius 2 is 1.80 bits per heavy atom. The molecule has 0 aliphatic rings. The van der Waals surface area contributed by atoms with Crippen LogP contribution in [0.15, 0.2) is 46.9 Å². The number of halogens is 4. The largest absolute Gasteiger partial charge is 0.497 e. The van der Waals surface area contributed by atoms with E-state index in [1.165, 1.54) is 6.07 Å². The highest BCUT2D eigenvalue weighted by Crippen LogP contribution is 2.31. The van der Waals surface area contributed by atoms with Crippen molar-refractivity contribution >= 4 is 32.7 Å². The van der Waals surface area contributed by atoms with E-state index in [0.29, 0.717) is 17.7 Å². The molecular formula is C17H13BrF3N3O. The van der Waals surface area contributed by atoms with Crippen LogP contribution in [0.2, 0.25) is 0 Å². The monoisotopic (exact) mass is 411 g/mol. The third-order valence-corrected chi connectivity index (χ3v) is 4.02. The summed E-state index contributed by atoms with van der Waals surface area (Å²) in [6, 6.07) is 12.1. The number of hydrogen-bond acceptors (Lipinski definition) is 4. The molecule has 1 heterocycles. The zero-order chi connectivity index (χ0) is 18.0. The number of nitrogens with one attached hydrogen (secondary N) is 1. The predicted molar refractivity (Wildman–Crippen MR) is 92.6 cm³/mol. The van der Waals surface area contributed by atoms with Gasteiger partial charge in [0.05, 0.1) is 12.6 Å². The first-order valence-electron chi connectivity index (χ1n) is 7.28. The molecule has 0 aliphatic heterocycles. The number of ether oxygens (including phenoxy) is 1. The minimum atomic E-state index is -4.61. The number of hydrogen-bond donors (Lipinski definition) is 1. The summed E-state index contributed by atoms with van der Waals surface area (Å²) in [5, 5.41) is 3.48. The molecule has 0 saturated carbocycles. The Labute approximate surface area is 150 Å². The van der Waals surface area contributed by atoms with Crippen LogP contribution in [0.25, 0.3) is 10.9 Å². The lowest BCUT2D eigenvalue weighted by molar-refractivity contribution is -0.144. The second kappa shape index (κ2) is 6.87. The van der Waals surface area contributed by atoms with Gasteiger partial charge in [-0.2, -0.15) is 13.2 Å². The van der Waals surface area contributed by atoms with E-state index in [1.807, 2.05) is 12.1 Å². The maximum atomic E-state index is 13.0. The van der Waals surface area contributed by atoms with Crippen LogP contribution in [0.5, 0.6) is 5.75 Å². The maximum Gasteiger partial charge on any atom is 0.451 e. The maximum absolute atomic E-state index is 13.0. The Hall–Kier alpha value is -2.35. The Kier molecular flexibility index (Phi) is 4.80. The summed E-state index contributed by atoms with van der Waals surface area (Å²) in [5.74, 6) is -0.325. The number of anilines is 1. The van der Waals surface area contributed by atoms with Gasteiger partial charge in [-0.15, -0.1) is 0 Å². The molecule has 8 heteroatoms. The lowest BCUT2D eigenvalue weighted by atomic mass is 10.2. The zero-order valence-electron chi connectivity index (χ0n) is 13.1. The molecule has 130 valence electrons. The zero-order valence-corrected chi connectivity index (χ0v) is 14.6. The molecule has 2 aromatic carbocycles. The number of methoxy groups -OCH3 is 1. The average molecular weight is 412 g/mol. The van der Waals surface area contributed by atoms with Gasteiger partial charge in [-0.3, -0.25) is 0 Å². The molecule has 3 rings (SSSR count). The summed E-state index contributed by atoms with van der Waals surface area (Å²) < 4.78 is 45.0. The van der Waals surface area contributed by atoms with Crippen molar-refractivity contribution in [3.05, 3.63) is 58.3 Å². The van der Waals surface area contributed by atoms with Crippen LogP contribution in [0.4, 0.5) is 19.0 Å². The van der Waals surface area contributed by atoms with E-state index >= 15 is 0 Å². The smallest absolute Gasteiger partial charge is 0.451 e. The Balaban J connectivity index is 1.96. The van der Waals surface area contributed by atoms with Crippen LogP contribution in [-0.2, 0) is 12.7 Å². The normalized spacial score (nSPS) is 11.6. The second-order valence-electron chi connectivity index (χ2n) is 5.26. The molecule has 0 radical (unpaired) electrons. The highest BCUT2D eigenvalue weighted by atomic mass is 79.9. The van der Waals surface area contributed by atoms with Crippen LogP contribution in [-0.4, -0.2) is 17.1 Å². The molecule has 3 aromatic rings. The van der Waals surface area contributed by atoms with Crippen molar-refractivity contribution in [2.24, 2.45) is 0 Å². The van der Waals surface area contributed by atoms with Gasteiger partial charge in [-0.1, -0.05) is 28.1 Å². The molecule has 0 saturated heterocycles. The van der Waals surface area contributed by atoms with E-state index < -0.39 is 12.0 Å². The molecule has 1 aromatic heterocycles. The van der Waals surface area contributed by atoms with Gasteiger partial charge in [0.25, 0.3) is 0 Å². The molecule has 0 spiro atoms. The van der Waals surface area contributed by atoms with Crippen LogP contribution >= 0.6 is 15.9 Å². The molecule has 0 unspecified atom stereocenters. The van der Waals surface area contributed by atoms with Gasteiger partial charge in [0.15, 0.2) is 0 Å². The van der Waals surface area contributed by atoms with Gasteiger partial charge in [0.1, 0.15) is 11.6 Å². The standard InChI is InChI=1S/C17H13BrF3N3O/c1-25-12-5-2-10(3-6-12)9-22-15-13-8-11(18)4-7-14(13)23-16(24-15)17(19,20)21/h2-8H,9H2,1H3,(H,22,23,24). The summed E-state index contributed by atoms with van der Waals surface area (Å²) in [6.07, 6.45) is -4.61. The molecule has 0 amide bonds. The number of benzene rings is 2. The van der Waals surface area contributed by atoms with Gasteiger partial charge in [-0.25, -0.2) is 9.97 Å². The fourth-order valence-corrected chi connectivity index (χ4v) is 2.65. The molecule has 0 aliphatic carbocycles. The van der Waals surface area contributed by atoms with Crippen molar-refractivity contribution in [2.75, 3.05) is 12.4 Å². The van der Waals surface area contributed by atoms with Crippen molar-refractivity contribution in [1.82, 2.24) is 9.97 Å². The highest BCUT2D eigenvalue weighted by molar-refractivity contribution is 9.10. The average Bonchev–Trinajstić information content (AvgIpc) is 2.59. The predicted octanol–water partition coefficient (Wildman–Crippen LogP) is 5.03. The lowest BCUT2D eigenvalue weighted by Gasteiger charge is -2.13. The molecule has 4 nitrogen and oxygen atoms in total. The third kappa shape index (κ3) is 4.01. The minimum absolute atomic E-state index is 0.134. The van der Waals surface area contributed by atoms with Gasteiger partial charge in [0, 0.05) is 16.4 Å². The van der Waals surface area contributed by atoms with E-state index in [2.05, 4.69) is 31.2 Å². The van der Waals surface area contributed by atoms with E-state index in [1.54, 1.807) is 31.4 Å². The molecule has 0 bridgehead atoms. The van der Waals surface area contributed by atoms with E-state index in [4.69, 9.17) is 4.74 Å². The molecular weight excluding hydrogens is 399 g/mol. The van der Waals surface area contributed by atoms with E-state index in [0.717, 1.165) is 10.0 Å². The van der Waals surface area contributed by atoms with Crippen molar-refractivity contribution in [3.8, 4) is 5.75 Å². The fraction of sp³-hybridized carbons (Fsp3) is 0.176. The molecule has 25 heavy (non-hydrogen) atoms. The second-order valence-corrected chi connectivity index (χ2v) is 6.17. The topological polar surface area (TPSA) is 47.0 Å². The highest BCUT2D eigenvalue weighted by Gasteiger charge is 2.35. The Morgan fingerprint density at radius 1 is 1.08 bits per heavy atom. The molecule has 0 atom stereocenters. The van der Waals surface area contributed by atoms with Crippen LogP contribution in [0.3, 0.4) is 0 Å². The number of alkyl halides is 3. The van der Waals surface area contributed by atoms with Gasteiger partial charge >= 0.3 is 6.18 Å². The summed E-state index contributed by atoms with van der Waals surface area (Å²) in [7, 11) is 1.57. The van der Waals surface area contributed by atoms with Gasteiger partial charge in [-0.05, 0) is 35.9 Å². The van der Waals surface area contributed by atoms with Gasteiger partial charge in [0.2, 0.25) is 5.82 Å². The van der Waals surface area contributed by atoms with Gasteiger partial charge < -0.3 is 10.1 Å². The minimum Gasteiger partial charge on any atom is -0.497 e. The number of nitrogens with zero attached hydrogens (tertiary/aromatic N) is 2. The number of aromatic nitrogens is 2. The summed E-state index contributed by atoms with van der Waals surface area (Å²) in [6.45, 7) is 0.319. The molecule has 0 fully saturated rings. The first kappa shape index (κ1) is 17.5. The van der Waals surface area contributed by atoms with E-state index in [-0.39, 0.29) is 11.3 Å². The first-order chi connectivity index (χ1) is 11.9. The van der Waals surface area contributed by atoms with Crippen LogP contribution in [0.1, 0.15) is 11.4 Å². The van der Waals surface area contributed by atoms with E-state index in [9.17, 15) is 13.2 Å². The van der Waals surface area contributed by atoms with Crippen molar-refractivity contribution in [2.45, 2.75) is 12.7 Å². The lowest BCUT2D eigenvalue weighted by Crippen LogP contribution is -2.13. The molecule has 1 N–H and O–H groups in total. The summed E-state index contributed by atoms with van der Waals surface area (Å²) in [4.78, 5) is 7.28. The van der Waals surface area contributed by atoms with Crippen molar-refractivity contribution < 1.29 is 17.9 Å².